The highest BCUT2D eigenvalue weighted by Crippen LogP contribution is 2.49. The number of hydrogen-bond donors (Lipinski definition) is 2. The molecule has 0 amide bonds. The highest BCUT2D eigenvalue weighted by Gasteiger charge is 2.65. The van der Waals surface area contributed by atoms with Crippen LogP contribution in [0.25, 0.3) is 0 Å². The van der Waals surface area contributed by atoms with Crippen LogP contribution in [0.15, 0.2) is 29.2 Å². The van der Waals surface area contributed by atoms with E-state index in [-0.39, 0.29) is 24.3 Å². The van der Waals surface area contributed by atoms with Crippen molar-refractivity contribution in [2.45, 2.75) is 35.9 Å². The van der Waals surface area contributed by atoms with Crippen LogP contribution in [0, 0.1) is 0 Å². The molecule has 4 nitrogen and oxygen atoms in total. The first-order valence-electron chi connectivity index (χ1n) is 6.01. The molecule has 2 N–H and O–H groups in total. The lowest BCUT2D eigenvalue weighted by Crippen LogP contribution is -2.47. The lowest BCUT2D eigenvalue weighted by atomic mass is 10.2. The zero-order chi connectivity index (χ0) is 15.0. The molecular weight excluding hydrogens is 295 g/mol. The molecule has 0 atom stereocenters. The Labute approximate surface area is 114 Å². The average molecular weight is 309 g/mol. The monoisotopic (exact) mass is 309 g/mol. The Balaban J connectivity index is 2.19. The highest BCUT2D eigenvalue weighted by atomic mass is 32.2. The Hall–Kier alpha value is -1.12. The van der Waals surface area contributed by atoms with E-state index < -0.39 is 21.7 Å². The molecular formula is C12H14F3NO3S. The number of rotatable bonds is 5. The summed E-state index contributed by atoms with van der Waals surface area (Å²) in [4.78, 5) is -0.213. The van der Waals surface area contributed by atoms with Gasteiger partial charge < -0.3 is 5.11 Å². The fourth-order valence-corrected chi connectivity index (χ4v) is 3.30. The number of nitrogens with one attached hydrogen (secondary N) is 1. The summed E-state index contributed by atoms with van der Waals surface area (Å²) in [6.07, 6.45) is -4.70. The SMILES string of the molecule is O=S(=O)(NC1(C(F)(F)F)CC1)c1ccc(CCO)cc1. The molecule has 0 heterocycles. The molecule has 1 aromatic carbocycles. The molecule has 0 unspecified atom stereocenters. The second-order valence-corrected chi connectivity index (χ2v) is 6.49. The predicted molar refractivity (Wildman–Crippen MR) is 65.6 cm³/mol. The van der Waals surface area contributed by atoms with Crippen molar-refractivity contribution < 1.29 is 26.7 Å². The molecule has 0 bridgehead atoms. The number of benzene rings is 1. The number of alkyl halides is 3. The standard InChI is InChI=1S/C12H14F3NO3S/c13-12(14,15)11(6-7-11)16-20(18,19)10-3-1-9(2-4-10)5-8-17/h1-4,16-17H,5-8H2. The summed E-state index contributed by atoms with van der Waals surface area (Å²) in [6, 6.07) is 5.41. The molecule has 1 saturated carbocycles. The quantitative estimate of drug-likeness (QED) is 0.868. The molecule has 1 aromatic rings. The van der Waals surface area contributed by atoms with Crippen molar-refractivity contribution in [3.8, 4) is 0 Å². The molecule has 0 saturated heterocycles. The molecule has 0 aromatic heterocycles. The van der Waals surface area contributed by atoms with E-state index >= 15 is 0 Å². The van der Waals surface area contributed by atoms with E-state index in [1.165, 1.54) is 24.3 Å². The van der Waals surface area contributed by atoms with Gasteiger partial charge in [-0.15, -0.1) is 0 Å². The van der Waals surface area contributed by atoms with Gasteiger partial charge in [0.25, 0.3) is 0 Å². The Morgan fingerprint density at radius 1 is 1.20 bits per heavy atom. The number of hydrogen-bond acceptors (Lipinski definition) is 3. The highest BCUT2D eigenvalue weighted by molar-refractivity contribution is 7.89. The fraction of sp³-hybridized carbons (Fsp3) is 0.500. The third-order valence-corrected chi connectivity index (χ3v) is 4.81. The van der Waals surface area contributed by atoms with Crippen LogP contribution in [0.3, 0.4) is 0 Å². The molecule has 0 radical (unpaired) electrons. The minimum absolute atomic E-state index is 0.0818. The van der Waals surface area contributed by atoms with Gasteiger partial charge in [-0.2, -0.15) is 17.9 Å². The third-order valence-electron chi connectivity index (χ3n) is 3.26. The van der Waals surface area contributed by atoms with Gasteiger partial charge in [-0.05, 0) is 37.0 Å². The lowest BCUT2D eigenvalue weighted by Gasteiger charge is -2.20. The van der Waals surface area contributed by atoms with Crippen molar-refractivity contribution in [1.82, 2.24) is 4.72 Å². The maximum atomic E-state index is 12.8. The van der Waals surface area contributed by atoms with Crippen molar-refractivity contribution in [2.75, 3.05) is 6.61 Å². The second-order valence-electron chi connectivity index (χ2n) is 4.80. The Morgan fingerprint density at radius 3 is 2.15 bits per heavy atom. The summed E-state index contributed by atoms with van der Waals surface area (Å²) in [5.41, 5.74) is -1.60. The van der Waals surface area contributed by atoms with Crippen LogP contribution in [-0.4, -0.2) is 31.8 Å². The summed E-state index contributed by atoms with van der Waals surface area (Å²) < 4.78 is 63.9. The van der Waals surface area contributed by atoms with E-state index in [2.05, 4.69) is 0 Å². The van der Waals surface area contributed by atoms with Crippen LogP contribution in [0.5, 0.6) is 0 Å². The summed E-state index contributed by atoms with van der Waals surface area (Å²) in [5, 5.41) is 8.74. The third kappa shape index (κ3) is 2.97. The van der Waals surface area contributed by atoms with E-state index in [1.54, 1.807) is 4.72 Å². The molecule has 2 rings (SSSR count). The van der Waals surface area contributed by atoms with Gasteiger partial charge in [0.05, 0.1) is 4.90 Å². The van der Waals surface area contributed by atoms with E-state index in [9.17, 15) is 21.6 Å². The van der Waals surface area contributed by atoms with Crippen molar-refractivity contribution in [2.24, 2.45) is 0 Å². The van der Waals surface area contributed by atoms with Crippen LogP contribution in [-0.2, 0) is 16.4 Å². The minimum atomic E-state index is -4.59. The summed E-state index contributed by atoms with van der Waals surface area (Å²) in [6.45, 7) is -0.0818. The largest absolute Gasteiger partial charge is 0.407 e. The first kappa shape index (κ1) is 15.3. The van der Waals surface area contributed by atoms with Crippen LogP contribution in [0.2, 0.25) is 0 Å². The second kappa shape index (κ2) is 5.01. The van der Waals surface area contributed by atoms with Crippen LogP contribution in [0.4, 0.5) is 13.2 Å². The summed E-state index contributed by atoms with van der Waals surface area (Å²) >= 11 is 0. The smallest absolute Gasteiger partial charge is 0.396 e. The van der Waals surface area contributed by atoms with E-state index in [1.807, 2.05) is 0 Å². The molecule has 20 heavy (non-hydrogen) atoms. The maximum absolute atomic E-state index is 12.8. The van der Waals surface area contributed by atoms with Gasteiger partial charge in [-0.25, -0.2) is 8.42 Å². The molecule has 0 spiro atoms. The van der Waals surface area contributed by atoms with Crippen LogP contribution < -0.4 is 4.72 Å². The number of aliphatic hydroxyl groups excluding tert-OH is 1. The molecule has 8 heteroatoms. The van der Waals surface area contributed by atoms with Gasteiger partial charge in [0.2, 0.25) is 10.0 Å². The normalized spacial score (nSPS) is 18.0. The molecule has 112 valence electrons. The Bertz CT molecular complexity index is 577. The average Bonchev–Trinajstić information content (AvgIpc) is 3.10. The van der Waals surface area contributed by atoms with E-state index in [0.29, 0.717) is 12.0 Å². The van der Waals surface area contributed by atoms with Gasteiger partial charge >= 0.3 is 6.18 Å². The van der Waals surface area contributed by atoms with Crippen molar-refractivity contribution in [1.29, 1.82) is 0 Å². The van der Waals surface area contributed by atoms with Crippen molar-refractivity contribution >= 4 is 10.0 Å². The van der Waals surface area contributed by atoms with Crippen LogP contribution >= 0.6 is 0 Å². The van der Waals surface area contributed by atoms with Gasteiger partial charge in [-0.3, -0.25) is 0 Å². The number of halogens is 3. The van der Waals surface area contributed by atoms with Crippen LogP contribution in [0.1, 0.15) is 18.4 Å². The molecule has 1 aliphatic rings. The zero-order valence-corrected chi connectivity index (χ0v) is 11.3. The van der Waals surface area contributed by atoms with Gasteiger partial charge in [0.1, 0.15) is 5.54 Å². The first-order chi connectivity index (χ1) is 9.20. The van der Waals surface area contributed by atoms with E-state index in [0.717, 1.165) is 0 Å². The molecule has 0 aliphatic heterocycles. The first-order valence-corrected chi connectivity index (χ1v) is 7.49. The van der Waals surface area contributed by atoms with Gasteiger partial charge in [-0.1, -0.05) is 12.1 Å². The predicted octanol–water partition coefficient (Wildman–Crippen LogP) is 1.59. The van der Waals surface area contributed by atoms with Crippen molar-refractivity contribution in [3.63, 3.8) is 0 Å². The molecule has 1 fully saturated rings. The Morgan fingerprint density at radius 2 is 1.75 bits per heavy atom. The van der Waals surface area contributed by atoms with Crippen molar-refractivity contribution in [3.05, 3.63) is 29.8 Å². The van der Waals surface area contributed by atoms with Gasteiger partial charge in [0, 0.05) is 6.61 Å². The fourth-order valence-electron chi connectivity index (χ4n) is 1.85. The van der Waals surface area contributed by atoms with E-state index in [4.69, 9.17) is 5.11 Å². The Kier molecular flexibility index (Phi) is 3.83. The minimum Gasteiger partial charge on any atom is -0.396 e. The zero-order valence-electron chi connectivity index (χ0n) is 10.4. The number of sulfonamides is 1. The topological polar surface area (TPSA) is 66.4 Å². The summed E-state index contributed by atoms with van der Waals surface area (Å²) in [5.74, 6) is 0. The molecule has 1 aliphatic carbocycles. The lowest BCUT2D eigenvalue weighted by molar-refractivity contribution is -0.160. The van der Waals surface area contributed by atoms with Gasteiger partial charge in [0.15, 0.2) is 0 Å². The summed E-state index contributed by atoms with van der Waals surface area (Å²) in [7, 11) is -4.20. The number of aliphatic hydroxyl groups is 1. The maximum Gasteiger partial charge on any atom is 0.407 e.